The van der Waals surface area contributed by atoms with Gasteiger partial charge in [-0.25, -0.2) is 4.79 Å². The van der Waals surface area contributed by atoms with E-state index in [9.17, 15) is 4.79 Å². The SMILES string of the molecule is CN(Cc1cc(Br)nn1C)C(=O)OCc1ccccc1. The number of aromatic nitrogens is 2. The second-order valence-electron chi connectivity index (χ2n) is 4.48. The summed E-state index contributed by atoms with van der Waals surface area (Å²) in [6.07, 6.45) is -0.355. The Bertz CT molecular complexity index is 583. The number of nitrogens with zero attached hydrogens (tertiary/aromatic N) is 3. The molecule has 2 rings (SSSR count). The number of carbonyl (C=O) groups is 1. The zero-order valence-electron chi connectivity index (χ0n) is 11.4. The van der Waals surface area contributed by atoms with Crippen molar-refractivity contribution in [1.29, 1.82) is 0 Å². The molecule has 1 heterocycles. The molecule has 6 heteroatoms. The summed E-state index contributed by atoms with van der Waals surface area (Å²) >= 11 is 3.30. The molecule has 0 atom stereocenters. The van der Waals surface area contributed by atoms with Gasteiger partial charge in [-0.05, 0) is 27.6 Å². The Labute approximate surface area is 126 Å². The number of rotatable bonds is 4. The molecule has 2 aromatic rings. The number of carbonyl (C=O) groups excluding carboxylic acids is 1. The van der Waals surface area contributed by atoms with E-state index in [4.69, 9.17) is 4.74 Å². The first-order chi connectivity index (χ1) is 9.56. The molecular formula is C14H16BrN3O2. The van der Waals surface area contributed by atoms with E-state index in [1.807, 2.05) is 43.4 Å². The third-order valence-electron chi connectivity index (χ3n) is 2.86. The predicted molar refractivity (Wildman–Crippen MR) is 79.0 cm³/mol. The van der Waals surface area contributed by atoms with E-state index in [2.05, 4.69) is 21.0 Å². The third kappa shape index (κ3) is 3.84. The number of hydrogen-bond acceptors (Lipinski definition) is 3. The zero-order valence-corrected chi connectivity index (χ0v) is 13.0. The molecule has 0 aliphatic heterocycles. The van der Waals surface area contributed by atoms with Crippen molar-refractivity contribution in [2.45, 2.75) is 13.2 Å². The Kier molecular flexibility index (Phi) is 4.79. The molecule has 0 saturated heterocycles. The molecule has 1 aromatic heterocycles. The Balaban J connectivity index is 1.87. The molecule has 0 aliphatic rings. The lowest BCUT2D eigenvalue weighted by Gasteiger charge is -2.16. The van der Waals surface area contributed by atoms with Gasteiger partial charge >= 0.3 is 6.09 Å². The van der Waals surface area contributed by atoms with Crippen LogP contribution in [0, 0.1) is 0 Å². The van der Waals surface area contributed by atoms with Crippen molar-refractivity contribution >= 4 is 22.0 Å². The van der Waals surface area contributed by atoms with Gasteiger partial charge in [-0.3, -0.25) is 4.68 Å². The van der Waals surface area contributed by atoms with Gasteiger partial charge in [0.2, 0.25) is 0 Å². The number of ether oxygens (including phenoxy) is 1. The summed E-state index contributed by atoms with van der Waals surface area (Å²) in [6.45, 7) is 0.724. The largest absolute Gasteiger partial charge is 0.445 e. The maximum absolute atomic E-state index is 11.9. The first-order valence-electron chi connectivity index (χ1n) is 6.16. The van der Waals surface area contributed by atoms with Gasteiger partial charge in [0.05, 0.1) is 12.2 Å². The second-order valence-corrected chi connectivity index (χ2v) is 5.29. The molecule has 1 amide bonds. The van der Waals surface area contributed by atoms with E-state index in [0.29, 0.717) is 6.54 Å². The van der Waals surface area contributed by atoms with Crippen LogP contribution in [0.4, 0.5) is 4.79 Å². The monoisotopic (exact) mass is 337 g/mol. The van der Waals surface area contributed by atoms with Crippen LogP contribution in [0.3, 0.4) is 0 Å². The number of halogens is 1. The van der Waals surface area contributed by atoms with Crippen LogP contribution >= 0.6 is 15.9 Å². The molecule has 0 radical (unpaired) electrons. The highest BCUT2D eigenvalue weighted by molar-refractivity contribution is 9.10. The van der Waals surface area contributed by atoms with Crippen molar-refractivity contribution in [2.24, 2.45) is 7.05 Å². The standard InChI is InChI=1S/C14H16BrN3O2/c1-17(9-12-8-13(15)16-18(12)2)14(19)20-10-11-6-4-3-5-7-11/h3-8H,9-10H2,1-2H3. The van der Waals surface area contributed by atoms with Crippen LogP contribution in [0.15, 0.2) is 41.0 Å². The van der Waals surface area contributed by atoms with Gasteiger partial charge in [0.15, 0.2) is 0 Å². The van der Waals surface area contributed by atoms with Crippen molar-refractivity contribution < 1.29 is 9.53 Å². The quantitative estimate of drug-likeness (QED) is 0.861. The summed E-state index contributed by atoms with van der Waals surface area (Å²) in [5.74, 6) is 0. The second kappa shape index (κ2) is 6.56. The lowest BCUT2D eigenvalue weighted by Crippen LogP contribution is -2.27. The number of hydrogen-bond donors (Lipinski definition) is 0. The molecule has 0 spiro atoms. The van der Waals surface area contributed by atoms with Crippen LogP contribution in [0.2, 0.25) is 0 Å². The molecule has 0 saturated carbocycles. The molecule has 20 heavy (non-hydrogen) atoms. The van der Waals surface area contributed by atoms with Crippen LogP contribution in [-0.4, -0.2) is 27.8 Å². The Morgan fingerprint density at radius 2 is 2.10 bits per heavy atom. The first kappa shape index (κ1) is 14.6. The van der Waals surface area contributed by atoms with Crippen LogP contribution in [-0.2, 0) is 24.9 Å². The van der Waals surface area contributed by atoms with Gasteiger partial charge in [0.25, 0.3) is 0 Å². The summed E-state index contributed by atoms with van der Waals surface area (Å²) < 4.78 is 7.73. The molecule has 0 N–H and O–H groups in total. The van der Waals surface area contributed by atoms with Crippen LogP contribution in [0.5, 0.6) is 0 Å². The zero-order chi connectivity index (χ0) is 14.5. The Hall–Kier alpha value is -1.82. The molecule has 0 bridgehead atoms. The van der Waals surface area contributed by atoms with Crippen LogP contribution < -0.4 is 0 Å². The van der Waals surface area contributed by atoms with E-state index in [-0.39, 0.29) is 12.7 Å². The molecule has 5 nitrogen and oxygen atoms in total. The van der Waals surface area contributed by atoms with E-state index < -0.39 is 0 Å². The summed E-state index contributed by atoms with van der Waals surface area (Å²) in [5, 5.41) is 4.17. The maximum atomic E-state index is 11.9. The lowest BCUT2D eigenvalue weighted by molar-refractivity contribution is 0.102. The van der Waals surface area contributed by atoms with E-state index >= 15 is 0 Å². The molecule has 0 aliphatic carbocycles. The van der Waals surface area contributed by atoms with Gasteiger partial charge in [0, 0.05) is 14.1 Å². The average molecular weight is 338 g/mol. The number of aryl methyl sites for hydroxylation is 1. The van der Waals surface area contributed by atoms with Gasteiger partial charge in [-0.15, -0.1) is 0 Å². The summed E-state index contributed by atoms with van der Waals surface area (Å²) in [4.78, 5) is 13.4. The molecule has 1 aromatic carbocycles. The summed E-state index contributed by atoms with van der Waals surface area (Å²) in [6, 6.07) is 11.5. The van der Waals surface area contributed by atoms with E-state index in [0.717, 1.165) is 15.9 Å². The fraction of sp³-hybridized carbons (Fsp3) is 0.286. The highest BCUT2D eigenvalue weighted by atomic mass is 79.9. The van der Waals surface area contributed by atoms with E-state index in [1.165, 1.54) is 4.90 Å². The summed E-state index contributed by atoms with van der Waals surface area (Å²) in [7, 11) is 3.54. The van der Waals surface area contributed by atoms with E-state index in [1.54, 1.807) is 11.7 Å². The van der Waals surface area contributed by atoms with Crippen molar-refractivity contribution in [3.05, 3.63) is 52.3 Å². The third-order valence-corrected chi connectivity index (χ3v) is 3.25. The topological polar surface area (TPSA) is 47.4 Å². The highest BCUT2D eigenvalue weighted by Crippen LogP contribution is 2.12. The van der Waals surface area contributed by atoms with Gasteiger partial charge in [-0.1, -0.05) is 30.3 Å². The number of benzene rings is 1. The molecular weight excluding hydrogens is 322 g/mol. The van der Waals surface area contributed by atoms with Crippen molar-refractivity contribution in [3.8, 4) is 0 Å². The fourth-order valence-electron chi connectivity index (χ4n) is 1.75. The average Bonchev–Trinajstić information content (AvgIpc) is 2.75. The molecule has 0 fully saturated rings. The minimum absolute atomic E-state index is 0.277. The minimum atomic E-state index is -0.355. The van der Waals surface area contributed by atoms with Crippen molar-refractivity contribution in [3.63, 3.8) is 0 Å². The normalized spacial score (nSPS) is 10.3. The van der Waals surface area contributed by atoms with Crippen LogP contribution in [0.25, 0.3) is 0 Å². The predicted octanol–water partition coefficient (Wildman–Crippen LogP) is 2.95. The van der Waals surface area contributed by atoms with Gasteiger partial charge in [-0.2, -0.15) is 5.10 Å². The maximum Gasteiger partial charge on any atom is 0.410 e. The van der Waals surface area contributed by atoms with Crippen molar-refractivity contribution in [2.75, 3.05) is 7.05 Å². The van der Waals surface area contributed by atoms with Crippen LogP contribution in [0.1, 0.15) is 11.3 Å². The Morgan fingerprint density at radius 1 is 1.40 bits per heavy atom. The minimum Gasteiger partial charge on any atom is -0.445 e. The van der Waals surface area contributed by atoms with Gasteiger partial charge in [0.1, 0.15) is 11.2 Å². The number of amides is 1. The molecule has 106 valence electrons. The molecule has 0 unspecified atom stereocenters. The van der Waals surface area contributed by atoms with Gasteiger partial charge < -0.3 is 9.64 Å². The first-order valence-corrected chi connectivity index (χ1v) is 6.96. The Morgan fingerprint density at radius 3 is 2.70 bits per heavy atom. The smallest absolute Gasteiger partial charge is 0.410 e. The van der Waals surface area contributed by atoms with Crippen molar-refractivity contribution in [1.82, 2.24) is 14.7 Å². The summed E-state index contributed by atoms with van der Waals surface area (Å²) in [5.41, 5.74) is 1.90. The fourth-order valence-corrected chi connectivity index (χ4v) is 2.25. The lowest BCUT2D eigenvalue weighted by atomic mass is 10.2. The highest BCUT2D eigenvalue weighted by Gasteiger charge is 2.13.